The van der Waals surface area contributed by atoms with Crippen LogP contribution in [0.5, 0.6) is 0 Å². The standard InChI is InChI=1S/C12H14ClN3/c1-16-11(7-12(13)15-16)9-14-8-10-5-3-2-4-6-10/h2-7,14H,8-9H2,1H3. The van der Waals surface area contributed by atoms with Gasteiger partial charge in [0.1, 0.15) is 0 Å². The third kappa shape index (κ3) is 2.84. The minimum Gasteiger partial charge on any atom is -0.307 e. The second kappa shape index (κ2) is 5.14. The molecule has 2 aromatic rings. The predicted molar refractivity (Wildman–Crippen MR) is 65.2 cm³/mol. The maximum atomic E-state index is 5.80. The lowest BCUT2D eigenvalue weighted by Gasteiger charge is -2.04. The highest BCUT2D eigenvalue weighted by molar-refractivity contribution is 6.29. The van der Waals surface area contributed by atoms with Crippen molar-refractivity contribution in [1.82, 2.24) is 15.1 Å². The first-order chi connectivity index (χ1) is 7.75. The van der Waals surface area contributed by atoms with Crippen molar-refractivity contribution in [2.45, 2.75) is 13.1 Å². The summed E-state index contributed by atoms with van der Waals surface area (Å²) < 4.78 is 1.79. The van der Waals surface area contributed by atoms with Crippen LogP contribution in [0.15, 0.2) is 36.4 Å². The van der Waals surface area contributed by atoms with Crippen LogP contribution in [0.25, 0.3) is 0 Å². The van der Waals surface area contributed by atoms with E-state index in [2.05, 4.69) is 22.5 Å². The number of hydrogen-bond donors (Lipinski definition) is 1. The SMILES string of the molecule is Cn1nc(Cl)cc1CNCc1ccccc1. The van der Waals surface area contributed by atoms with E-state index in [1.54, 1.807) is 4.68 Å². The number of nitrogens with zero attached hydrogens (tertiary/aromatic N) is 2. The lowest BCUT2D eigenvalue weighted by atomic mass is 10.2. The summed E-state index contributed by atoms with van der Waals surface area (Å²) in [5, 5.41) is 7.97. The van der Waals surface area contributed by atoms with Gasteiger partial charge in [-0.15, -0.1) is 0 Å². The highest BCUT2D eigenvalue weighted by atomic mass is 35.5. The molecule has 0 saturated carbocycles. The van der Waals surface area contributed by atoms with Crippen LogP contribution in [0, 0.1) is 0 Å². The maximum absolute atomic E-state index is 5.80. The largest absolute Gasteiger partial charge is 0.307 e. The van der Waals surface area contributed by atoms with Crippen molar-refractivity contribution >= 4 is 11.6 Å². The minimum absolute atomic E-state index is 0.541. The van der Waals surface area contributed by atoms with Gasteiger partial charge in [0.25, 0.3) is 0 Å². The van der Waals surface area contributed by atoms with Gasteiger partial charge in [0.15, 0.2) is 5.15 Å². The molecule has 0 aliphatic carbocycles. The van der Waals surface area contributed by atoms with Crippen molar-refractivity contribution in [2.75, 3.05) is 0 Å². The van der Waals surface area contributed by atoms with Crippen molar-refractivity contribution in [3.63, 3.8) is 0 Å². The molecule has 0 fully saturated rings. The molecule has 0 spiro atoms. The summed E-state index contributed by atoms with van der Waals surface area (Å²) in [4.78, 5) is 0. The first-order valence-corrected chi connectivity index (χ1v) is 5.56. The lowest BCUT2D eigenvalue weighted by Crippen LogP contribution is -2.15. The molecule has 1 heterocycles. The zero-order valence-corrected chi connectivity index (χ0v) is 9.91. The zero-order chi connectivity index (χ0) is 11.4. The van der Waals surface area contributed by atoms with Crippen LogP contribution < -0.4 is 5.32 Å². The van der Waals surface area contributed by atoms with Crippen molar-refractivity contribution in [1.29, 1.82) is 0 Å². The first-order valence-electron chi connectivity index (χ1n) is 5.19. The number of hydrogen-bond acceptors (Lipinski definition) is 2. The molecule has 0 unspecified atom stereocenters. The molecule has 0 aliphatic heterocycles. The average molecular weight is 236 g/mol. The highest BCUT2D eigenvalue weighted by Crippen LogP contribution is 2.08. The van der Waals surface area contributed by atoms with Crippen LogP contribution in [-0.2, 0) is 20.1 Å². The molecule has 0 amide bonds. The molecule has 0 atom stereocenters. The summed E-state index contributed by atoms with van der Waals surface area (Å²) in [5.74, 6) is 0. The summed E-state index contributed by atoms with van der Waals surface area (Å²) in [6.45, 7) is 1.62. The topological polar surface area (TPSA) is 29.9 Å². The second-order valence-corrected chi connectivity index (χ2v) is 4.06. The molecule has 0 aliphatic rings. The van der Waals surface area contributed by atoms with Gasteiger partial charge in [-0.2, -0.15) is 5.10 Å². The fourth-order valence-corrected chi connectivity index (χ4v) is 1.80. The van der Waals surface area contributed by atoms with Gasteiger partial charge in [-0.05, 0) is 11.6 Å². The van der Waals surface area contributed by atoms with Gasteiger partial charge in [0.2, 0.25) is 0 Å². The fourth-order valence-electron chi connectivity index (χ4n) is 1.56. The molecular formula is C12H14ClN3. The molecule has 0 bridgehead atoms. The summed E-state index contributed by atoms with van der Waals surface area (Å²) in [5.41, 5.74) is 2.36. The monoisotopic (exact) mass is 235 g/mol. The van der Waals surface area contributed by atoms with Gasteiger partial charge >= 0.3 is 0 Å². The lowest BCUT2D eigenvalue weighted by molar-refractivity contribution is 0.626. The quantitative estimate of drug-likeness (QED) is 0.882. The minimum atomic E-state index is 0.541. The van der Waals surface area contributed by atoms with Gasteiger partial charge in [0, 0.05) is 20.1 Å². The van der Waals surface area contributed by atoms with E-state index in [9.17, 15) is 0 Å². The molecule has 4 heteroatoms. The maximum Gasteiger partial charge on any atom is 0.151 e. The van der Waals surface area contributed by atoms with Gasteiger partial charge < -0.3 is 5.32 Å². The molecule has 84 valence electrons. The van der Waals surface area contributed by atoms with Crippen molar-refractivity contribution in [2.24, 2.45) is 7.05 Å². The van der Waals surface area contributed by atoms with Gasteiger partial charge in [-0.1, -0.05) is 41.9 Å². The Morgan fingerprint density at radius 1 is 1.25 bits per heavy atom. The van der Waals surface area contributed by atoms with E-state index < -0.39 is 0 Å². The first kappa shape index (κ1) is 11.2. The predicted octanol–water partition coefficient (Wildman–Crippen LogP) is 2.36. The second-order valence-electron chi connectivity index (χ2n) is 3.67. The van der Waals surface area contributed by atoms with Gasteiger partial charge in [-0.3, -0.25) is 4.68 Å². The molecule has 1 aromatic carbocycles. The third-order valence-corrected chi connectivity index (χ3v) is 2.61. The van der Waals surface area contributed by atoms with E-state index in [1.807, 2.05) is 31.3 Å². The number of aromatic nitrogens is 2. The van der Waals surface area contributed by atoms with E-state index in [4.69, 9.17) is 11.6 Å². The fraction of sp³-hybridized carbons (Fsp3) is 0.250. The number of halogens is 1. The smallest absolute Gasteiger partial charge is 0.151 e. The molecular weight excluding hydrogens is 222 g/mol. The van der Waals surface area contributed by atoms with E-state index in [0.717, 1.165) is 18.8 Å². The number of benzene rings is 1. The normalized spacial score (nSPS) is 10.6. The van der Waals surface area contributed by atoms with E-state index in [-0.39, 0.29) is 0 Å². The van der Waals surface area contributed by atoms with Crippen LogP contribution in [0.2, 0.25) is 5.15 Å². The van der Waals surface area contributed by atoms with Crippen LogP contribution in [0.3, 0.4) is 0 Å². The van der Waals surface area contributed by atoms with Crippen molar-refractivity contribution < 1.29 is 0 Å². The summed E-state index contributed by atoms with van der Waals surface area (Å²) in [6.07, 6.45) is 0. The molecule has 1 aromatic heterocycles. The van der Waals surface area contributed by atoms with Crippen LogP contribution in [-0.4, -0.2) is 9.78 Å². The average Bonchev–Trinajstić information content (AvgIpc) is 2.59. The van der Waals surface area contributed by atoms with Crippen LogP contribution in [0.4, 0.5) is 0 Å². The Balaban J connectivity index is 1.87. The van der Waals surface area contributed by atoms with E-state index in [0.29, 0.717) is 5.15 Å². The molecule has 3 nitrogen and oxygen atoms in total. The number of rotatable bonds is 4. The van der Waals surface area contributed by atoms with Crippen LogP contribution in [0.1, 0.15) is 11.3 Å². The summed E-state index contributed by atoms with van der Waals surface area (Å²) in [7, 11) is 1.89. The Labute approximate surface area is 100 Å². The van der Waals surface area contributed by atoms with Gasteiger partial charge in [0.05, 0.1) is 5.69 Å². The van der Waals surface area contributed by atoms with E-state index in [1.165, 1.54) is 5.56 Å². The zero-order valence-electron chi connectivity index (χ0n) is 9.15. The van der Waals surface area contributed by atoms with E-state index >= 15 is 0 Å². The summed E-state index contributed by atoms with van der Waals surface area (Å²) in [6, 6.07) is 12.2. The Morgan fingerprint density at radius 3 is 2.62 bits per heavy atom. The van der Waals surface area contributed by atoms with Crippen molar-refractivity contribution in [3.8, 4) is 0 Å². The number of nitrogens with one attached hydrogen (secondary N) is 1. The Hall–Kier alpha value is -1.32. The third-order valence-electron chi connectivity index (χ3n) is 2.42. The van der Waals surface area contributed by atoms with Crippen LogP contribution >= 0.6 is 11.6 Å². The number of aryl methyl sites for hydroxylation is 1. The molecule has 1 N–H and O–H groups in total. The molecule has 16 heavy (non-hydrogen) atoms. The van der Waals surface area contributed by atoms with Gasteiger partial charge in [-0.25, -0.2) is 0 Å². The Kier molecular flexibility index (Phi) is 3.59. The molecule has 2 rings (SSSR count). The van der Waals surface area contributed by atoms with Crippen molar-refractivity contribution in [3.05, 3.63) is 52.8 Å². The highest BCUT2D eigenvalue weighted by Gasteiger charge is 2.01. The Morgan fingerprint density at radius 2 is 2.00 bits per heavy atom. The Bertz CT molecular complexity index is 451. The molecule has 0 radical (unpaired) electrons. The summed E-state index contributed by atoms with van der Waals surface area (Å²) >= 11 is 5.80. The molecule has 0 saturated heterocycles.